The minimum absolute atomic E-state index is 0.164. The van der Waals surface area contributed by atoms with E-state index in [4.69, 9.17) is 10.8 Å². The first kappa shape index (κ1) is 18.8. The van der Waals surface area contributed by atoms with Gasteiger partial charge in [-0.05, 0) is 66.0 Å². The molecule has 0 unspecified atom stereocenters. The van der Waals surface area contributed by atoms with E-state index >= 15 is 0 Å². The number of hydrogen-bond acceptors (Lipinski definition) is 5. The number of rotatable bonds is 5. The Morgan fingerprint density at radius 2 is 1.77 bits per heavy atom. The van der Waals surface area contributed by atoms with Crippen molar-refractivity contribution in [3.8, 4) is 22.4 Å². The molecule has 3 aromatic heterocycles. The van der Waals surface area contributed by atoms with Crippen molar-refractivity contribution in [2.24, 2.45) is 46.8 Å². The lowest BCUT2D eigenvalue weighted by Crippen LogP contribution is -3.05. The first-order valence-corrected chi connectivity index (χ1v) is 12.5. The van der Waals surface area contributed by atoms with Gasteiger partial charge in [-0.25, -0.2) is 9.78 Å². The van der Waals surface area contributed by atoms with Crippen LogP contribution in [0.25, 0.3) is 28.0 Å². The van der Waals surface area contributed by atoms with Crippen molar-refractivity contribution in [2.75, 3.05) is 5.73 Å². The Morgan fingerprint density at radius 3 is 2.46 bits per heavy atom. The monoisotopic (exact) mass is 465 g/mol. The average molecular weight is 466 g/mol. The van der Waals surface area contributed by atoms with Crippen molar-refractivity contribution in [3.63, 3.8) is 0 Å². The van der Waals surface area contributed by atoms with Gasteiger partial charge in [-0.15, -0.1) is 9.50 Å². The molecule has 0 bridgehead atoms. The number of anilines is 1. The SMILES string of the molecule is Cc1cc(-c2c(-c3ccccc3)[nH+]c(N)n3c(=O)n(CC45C6C7C8C6C4C8C75)nc23)cc(CO)n1. The van der Waals surface area contributed by atoms with Gasteiger partial charge in [0.2, 0.25) is 5.65 Å². The Hall–Kier alpha value is -3.52. The fourth-order valence-electron chi connectivity index (χ4n) is 9.55. The molecule has 6 aliphatic carbocycles. The topological polar surface area (TPSA) is 113 Å². The number of aliphatic hydroxyl groups is 1. The second kappa shape index (κ2) is 5.65. The third-order valence-electron chi connectivity index (χ3n) is 10.4. The second-order valence-electron chi connectivity index (χ2n) is 11.4. The number of nitrogen functional groups attached to an aromatic ring is 1. The fourth-order valence-corrected chi connectivity index (χ4v) is 9.55. The van der Waals surface area contributed by atoms with Crippen molar-refractivity contribution in [2.45, 2.75) is 20.1 Å². The van der Waals surface area contributed by atoms with E-state index in [1.54, 1.807) is 4.68 Å². The molecule has 0 amide bonds. The second-order valence-corrected chi connectivity index (χ2v) is 11.4. The Morgan fingerprint density at radius 1 is 1.06 bits per heavy atom. The molecule has 8 nitrogen and oxygen atoms in total. The molecule has 8 heteroatoms. The highest BCUT2D eigenvalue weighted by Gasteiger charge is 3.04. The van der Waals surface area contributed by atoms with Gasteiger partial charge in [-0.2, -0.15) is 4.68 Å². The van der Waals surface area contributed by atoms with Crippen molar-refractivity contribution < 1.29 is 10.1 Å². The molecule has 1 aromatic carbocycles. The van der Waals surface area contributed by atoms with E-state index in [1.807, 2.05) is 49.4 Å². The number of nitrogens with one attached hydrogen (secondary N) is 1. The molecule has 6 saturated carbocycles. The van der Waals surface area contributed by atoms with Crippen LogP contribution in [0.15, 0.2) is 47.3 Å². The summed E-state index contributed by atoms with van der Waals surface area (Å²) >= 11 is 0. The van der Waals surface area contributed by atoms with Gasteiger partial charge >= 0.3 is 11.6 Å². The van der Waals surface area contributed by atoms with Crippen LogP contribution in [0.2, 0.25) is 0 Å². The van der Waals surface area contributed by atoms with Crippen molar-refractivity contribution in [1.82, 2.24) is 19.2 Å². The van der Waals surface area contributed by atoms with Crippen molar-refractivity contribution >= 4 is 11.6 Å². The number of nitrogens with two attached hydrogens (primary N) is 1. The van der Waals surface area contributed by atoms with Crippen molar-refractivity contribution in [1.29, 1.82) is 0 Å². The highest BCUT2D eigenvalue weighted by atomic mass is 16.3. The number of aromatic nitrogens is 5. The Labute approximate surface area is 200 Å². The van der Waals surface area contributed by atoms with Crippen LogP contribution in [0.4, 0.5) is 5.95 Å². The summed E-state index contributed by atoms with van der Waals surface area (Å²) in [4.78, 5) is 21.4. The molecule has 10 rings (SSSR count). The lowest BCUT2D eigenvalue weighted by molar-refractivity contribution is -0.617. The molecule has 0 atom stereocenters. The number of fused-ring (bicyclic) bond motifs is 1. The largest absolute Gasteiger partial charge is 0.411 e. The lowest BCUT2D eigenvalue weighted by atomic mass is 8.96. The average Bonchev–Trinajstić information content (AvgIpc) is 3.20. The molecule has 0 aliphatic heterocycles. The molecular formula is C27H25N6O2+. The van der Waals surface area contributed by atoms with Crippen molar-refractivity contribution in [3.05, 3.63) is 64.3 Å². The van der Waals surface area contributed by atoms with E-state index in [2.05, 4.69) is 9.97 Å². The summed E-state index contributed by atoms with van der Waals surface area (Å²) in [7, 11) is 0. The zero-order chi connectivity index (χ0) is 23.4. The summed E-state index contributed by atoms with van der Waals surface area (Å²) in [5.74, 6) is 6.68. The van der Waals surface area contributed by atoms with E-state index in [1.165, 1.54) is 4.40 Å². The van der Waals surface area contributed by atoms with Crippen LogP contribution in [-0.4, -0.2) is 24.3 Å². The maximum Gasteiger partial charge on any atom is 0.411 e. The smallest absolute Gasteiger partial charge is 0.390 e. The number of aliphatic hydroxyl groups excluding tert-OH is 1. The molecule has 3 heterocycles. The molecule has 6 aliphatic rings. The van der Waals surface area contributed by atoms with Crippen LogP contribution in [0.1, 0.15) is 11.4 Å². The van der Waals surface area contributed by atoms with Gasteiger partial charge in [0.05, 0.1) is 24.4 Å². The minimum atomic E-state index is -0.184. The predicted molar refractivity (Wildman–Crippen MR) is 127 cm³/mol. The van der Waals surface area contributed by atoms with Gasteiger partial charge in [0.25, 0.3) is 0 Å². The van der Waals surface area contributed by atoms with Gasteiger partial charge in [0.1, 0.15) is 5.69 Å². The number of aromatic amines is 1. The number of hydrogen-bond donors (Lipinski definition) is 2. The maximum absolute atomic E-state index is 13.7. The van der Waals surface area contributed by atoms with Gasteiger partial charge in [0, 0.05) is 16.7 Å². The van der Waals surface area contributed by atoms with Crippen LogP contribution in [-0.2, 0) is 13.2 Å². The summed E-state index contributed by atoms with van der Waals surface area (Å²) in [6, 6.07) is 13.8. The Balaban J connectivity index is 1.27. The zero-order valence-electron chi connectivity index (χ0n) is 19.2. The van der Waals surface area contributed by atoms with E-state index in [0.29, 0.717) is 23.3 Å². The predicted octanol–water partition coefficient (Wildman–Crippen LogP) is 1.79. The van der Waals surface area contributed by atoms with Gasteiger partial charge < -0.3 is 5.11 Å². The molecule has 0 spiro atoms. The van der Waals surface area contributed by atoms with Gasteiger partial charge in [-0.3, -0.25) is 10.7 Å². The number of H-pyrrole nitrogens is 1. The number of pyridine rings is 1. The molecule has 174 valence electrons. The first-order chi connectivity index (χ1) is 17.0. The summed E-state index contributed by atoms with van der Waals surface area (Å²) in [5, 5.41) is 14.8. The van der Waals surface area contributed by atoms with Crippen LogP contribution in [0.5, 0.6) is 0 Å². The zero-order valence-corrected chi connectivity index (χ0v) is 19.2. The highest BCUT2D eigenvalue weighted by molar-refractivity contribution is 5.88. The molecule has 0 saturated heterocycles. The standard InChI is InChI=1S/C27H24N6O2/c1-11-7-13(8-14(9-34)29-11)15-23(12-5-3-2-4-6-12)30-25(28)33-24(15)31-32(26(33)35)10-27-20-17-16-18(20)22(27)19(16)21(17)27/h2-8,16-22,34H,9-10H2,1H3,(H2,28,30)/p+1. The van der Waals surface area contributed by atoms with E-state index in [9.17, 15) is 9.90 Å². The Bertz CT molecular complexity index is 1620. The number of aryl methyl sites for hydroxylation is 1. The van der Waals surface area contributed by atoms with Crippen LogP contribution in [0.3, 0.4) is 0 Å². The van der Waals surface area contributed by atoms with Crippen LogP contribution >= 0.6 is 0 Å². The van der Waals surface area contributed by atoms with Crippen LogP contribution < -0.4 is 16.4 Å². The Kier molecular flexibility index (Phi) is 3.03. The van der Waals surface area contributed by atoms with E-state index in [0.717, 1.165) is 69.5 Å². The van der Waals surface area contributed by atoms with Crippen LogP contribution in [0, 0.1) is 53.8 Å². The highest BCUT2D eigenvalue weighted by Crippen LogP contribution is 3.06. The van der Waals surface area contributed by atoms with E-state index < -0.39 is 0 Å². The molecule has 4 N–H and O–H groups in total. The third kappa shape index (κ3) is 1.79. The van der Waals surface area contributed by atoms with Gasteiger partial charge in [0.15, 0.2) is 0 Å². The lowest BCUT2D eigenvalue weighted by Gasteiger charge is -3.07. The molecular weight excluding hydrogens is 440 g/mol. The third-order valence-corrected chi connectivity index (χ3v) is 10.4. The normalized spacial score (nSPS) is 36.0. The minimum Gasteiger partial charge on any atom is -0.390 e. The first-order valence-electron chi connectivity index (χ1n) is 12.5. The van der Waals surface area contributed by atoms with E-state index in [-0.39, 0.29) is 18.2 Å². The number of nitrogens with zero attached hydrogens (tertiary/aromatic N) is 4. The summed E-state index contributed by atoms with van der Waals surface area (Å²) in [6.07, 6.45) is 0. The molecule has 0 radical (unpaired) electrons. The quantitative estimate of drug-likeness (QED) is 0.467. The van der Waals surface area contributed by atoms with Gasteiger partial charge in [-0.1, -0.05) is 30.3 Å². The molecule has 35 heavy (non-hydrogen) atoms. The molecule has 6 fully saturated rings. The summed E-state index contributed by atoms with van der Waals surface area (Å²) < 4.78 is 3.19. The fraction of sp³-hybridized carbons (Fsp3) is 0.407. The maximum atomic E-state index is 13.7. The number of benzene rings is 1. The summed E-state index contributed by atoms with van der Waals surface area (Å²) in [6.45, 7) is 2.45. The summed E-state index contributed by atoms with van der Waals surface area (Å²) in [5.41, 5.74) is 11.9. The molecule has 4 aromatic rings.